The summed E-state index contributed by atoms with van der Waals surface area (Å²) in [4.78, 5) is 18.9. The van der Waals surface area contributed by atoms with Crippen LogP contribution in [0.5, 0.6) is 5.75 Å². The predicted octanol–water partition coefficient (Wildman–Crippen LogP) is 7.17. The minimum Gasteiger partial charge on any atom is -0.487 e. The molecule has 1 saturated carbocycles. The number of rotatable bonds is 9. The molecule has 1 fully saturated rings. The highest BCUT2D eigenvalue weighted by Crippen LogP contribution is 2.43. The maximum absolute atomic E-state index is 13.3. The number of carbonyl (C=O) groups excluding carboxylic acids is 1. The molecule has 1 spiro atoms. The van der Waals surface area contributed by atoms with E-state index >= 15 is 0 Å². The molecule has 1 aromatic heterocycles. The van der Waals surface area contributed by atoms with E-state index in [1.165, 1.54) is 37.0 Å². The zero-order valence-corrected chi connectivity index (χ0v) is 27.6. The van der Waals surface area contributed by atoms with Crippen molar-refractivity contribution < 1.29 is 27.2 Å². The van der Waals surface area contributed by atoms with E-state index in [0.29, 0.717) is 18.4 Å². The van der Waals surface area contributed by atoms with Gasteiger partial charge in [0.1, 0.15) is 23.0 Å². The lowest BCUT2D eigenvalue weighted by molar-refractivity contribution is -0.146. The summed E-state index contributed by atoms with van der Waals surface area (Å²) < 4.78 is 41.8. The number of carbonyl (C=O) groups is 1. The number of nitrogens with one attached hydrogen (secondary N) is 1. The number of benzene rings is 3. The zero-order valence-electron chi connectivity index (χ0n) is 26.8. The predicted molar refractivity (Wildman–Crippen MR) is 177 cm³/mol. The van der Waals surface area contributed by atoms with Crippen LogP contribution in [-0.4, -0.2) is 26.0 Å². The van der Waals surface area contributed by atoms with Crippen molar-refractivity contribution in [1.29, 1.82) is 0 Å². The highest BCUT2D eigenvalue weighted by atomic mass is 32.2. The number of sulfonamides is 1. The molecular formula is C37H42N2O6S. The van der Waals surface area contributed by atoms with Crippen LogP contribution in [-0.2, 0) is 32.5 Å². The molecule has 0 bridgehead atoms. The minimum atomic E-state index is -3.96. The molecule has 0 saturated heterocycles. The molecule has 0 amide bonds. The van der Waals surface area contributed by atoms with Gasteiger partial charge in [-0.05, 0) is 98.8 Å². The molecule has 9 heteroatoms. The third-order valence-electron chi connectivity index (χ3n) is 9.36. The van der Waals surface area contributed by atoms with Crippen LogP contribution in [0.15, 0.2) is 81.2 Å². The van der Waals surface area contributed by atoms with Gasteiger partial charge < -0.3 is 14.0 Å². The van der Waals surface area contributed by atoms with Crippen LogP contribution < -0.4 is 15.0 Å². The fourth-order valence-electron chi connectivity index (χ4n) is 6.68. The van der Waals surface area contributed by atoms with Crippen LogP contribution in [0.1, 0.15) is 86.1 Å². The van der Waals surface area contributed by atoms with Gasteiger partial charge in [0.2, 0.25) is 10.0 Å². The number of hydrogen-bond acceptors (Lipinski definition) is 7. The standard InChI is InChI=1S/C37H42N2O6S/c1-4-11-32(39-46(41,42)29-16-14-25(2)15-17-29)36(40)45-38-35-31(22-27-12-7-5-8-13-27)26(3)30-23-28-18-21-37(19-9-6-10-20-37)44-33(28)24-34(30)43-35/h5,7-8,12-17,23-24,32,39H,4,6,9-11,18-22H2,1-3H3/b38-35-/t32-/m1/s1. The second kappa shape index (κ2) is 13.4. The van der Waals surface area contributed by atoms with Crippen molar-refractivity contribution in [1.82, 2.24) is 4.72 Å². The number of ether oxygens (including phenoxy) is 1. The lowest BCUT2D eigenvalue weighted by Crippen LogP contribution is -2.41. The highest BCUT2D eigenvalue weighted by molar-refractivity contribution is 7.89. The second-order valence-electron chi connectivity index (χ2n) is 12.8. The fourth-order valence-corrected chi connectivity index (χ4v) is 7.89. The number of hydrogen-bond donors (Lipinski definition) is 1. The maximum atomic E-state index is 13.3. The maximum Gasteiger partial charge on any atom is 0.352 e. The molecule has 8 nitrogen and oxygen atoms in total. The Morgan fingerprint density at radius 1 is 1.00 bits per heavy atom. The minimum absolute atomic E-state index is 0.0785. The molecule has 1 N–H and O–H groups in total. The van der Waals surface area contributed by atoms with Gasteiger partial charge in [-0.25, -0.2) is 13.2 Å². The van der Waals surface area contributed by atoms with Gasteiger partial charge in [0.05, 0.1) is 4.90 Å². The molecule has 3 aromatic carbocycles. The van der Waals surface area contributed by atoms with E-state index in [1.54, 1.807) is 12.1 Å². The topological polar surface area (TPSA) is 107 Å². The van der Waals surface area contributed by atoms with Crippen LogP contribution in [0.25, 0.3) is 11.0 Å². The molecule has 6 rings (SSSR count). The van der Waals surface area contributed by atoms with Crippen LogP contribution in [0.2, 0.25) is 0 Å². The first kappa shape index (κ1) is 32.0. The molecular weight excluding hydrogens is 600 g/mol. The van der Waals surface area contributed by atoms with Gasteiger partial charge in [-0.3, -0.25) is 0 Å². The van der Waals surface area contributed by atoms with Gasteiger partial charge in [-0.1, -0.05) is 67.8 Å². The second-order valence-corrected chi connectivity index (χ2v) is 14.5. The number of fused-ring (bicyclic) bond motifs is 2. The summed E-state index contributed by atoms with van der Waals surface area (Å²) in [7, 11) is -3.96. The van der Waals surface area contributed by atoms with Crippen molar-refractivity contribution in [2.24, 2.45) is 5.16 Å². The number of nitrogens with zero attached hydrogens (tertiary/aromatic N) is 1. The van der Waals surface area contributed by atoms with Gasteiger partial charge in [0, 0.05) is 23.4 Å². The van der Waals surface area contributed by atoms with Gasteiger partial charge in [0.25, 0.3) is 5.55 Å². The number of aryl methyl sites for hydroxylation is 3. The van der Waals surface area contributed by atoms with Crippen molar-refractivity contribution in [3.05, 3.63) is 100 Å². The Labute approximate surface area is 270 Å². The van der Waals surface area contributed by atoms with E-state index < -0.39 is 22.0 Å². The molecule has 0 unspecified atom stereocenters. The first-order valence-corrected chi connectivity index (χ1v) is 17.8. The van der Waals surface area contributed by atoms with Crippen LogP contribution in [0, 0.1) is 13.8 Å². The van der Waals surface area contributed by atoms with E-state index in [-0.39, 0.29) is 22.5 Å². The summed E-state index contributed by atoms with van der Waals surface area (Å²) in [6.45, 7) is 5.78. The molecule has 0 radical (unpaired) electrons. The lowest BCUT2D eigenvalue weighted by atomic mass is 9.79. The summed E-state index contributed by atoms with van der Waals surface area (Å²) >= 11 is 0. The SMILES string of the molecule is CCC[C@@H](NS(=O)(=O)c1ccc(C)cc1)C(=O)O/N=c1\oc2cc3c(cc2c(C)c1Cc1ccccc1)CCC1(CCCCC1)O3. The summed E-state index contributed by atoms with van der Waals surface area (Å²) in [6, 6.07) is 19.4. The lowest BCUT2D eigenvalue weighted by Gasteiger charge is -2.41. The zero-order chi connectivity index (χ0) is 32.3. The summed E-state index contributed by atoms with van der Waals surface area (Å²) in [5.41, 5.74) is 5.59. The highest BCUT2D eigenvalue weighted by Gasteiger charge is 2.37. The van der Waals surface area contributed by atoms with Crippen molar-refractivity contribution in [3.8, 4) is 5.75 Å². The van der Waals surface area contributed by atoms with E-state index in [9.17, 15) is 13.2 Å². The largest absolute Gasteiger partial charge is 0.487 e. The Hall–Kier alpha value is -3.95. The summed E-state index contributed by atoms with van der Waals surface area (Å²) in [5.74, 6) is 0.0419. The van der Waals surface area contributed by atoms with E-state index in [4.69, 9.17) is 14.0 Å². The summed E-state index contributed by atoms with van der Waals surface area (Å²) in [5, 5.41) is 5.20. The Kier molecular flexibility index (Phi) is 9.34. The molecule has 2 heterocycles. The smallest absolute Gasteiger partial charge is 0.352 e. The Balaban J connectivity index is 1.35. The van der Waals surface area contributed by atoms with Crippen molar-refractivity contribution >= 4 is 27.0 Å². The monoisotopic (exact) mass is 642 g/mol. The quantitative estimate of drug-likeness (QED) is 0.153. The van der Waals surface area contributed by atoms with Crippen LogP contribution in [0.3, 0.4) is 0 Å². The molecule has 4 aromatic rings. The molecule has 242 valence electrons. The van der Waals surface area contributed by atoms with Crippen molar-refractivity contribution in [3.63, 3.8) is 0 Å². The third-order valence-corrected chi connectivity index (χ3v) is 10.8. The Morgan fingerprint density at radius 3 is 2.46 bits per heavy atom. The molecule has 46 heavy (non-hydrogen) atoms. The van der Waals surface area contributed by atoms with Gasteiger partial charge >= 0.3 is 5.97 Å². The van der Waals surface area contributed by atoms with Crippen molar-refractivity contribution in [2.75, 3.05) is 0 Å². The van der Waals surface area contributed by atoms with Gasteiger partial charge in [-0.15, -0.1) is 0 Å². The van der Waals surface area contributed by atoms with Gasteiger partial charge in [-0.2, -0.15) is 4.72 Å². The van der Waals surface area contributed by atoms with Gasteiger partial charge in [0.15, 0.2) is 0 Å². The normalized spacial score (nSPS) is 17.0. The first-order valence-electron chi connectivity index (χ1n) is 16.3. The van der Waals surface area contributed by atoms with E-state index in [2.05, 4.69) is 15.9 Å². The molecule has 1 atom stereocenters. The average molecular weight is 643 g/mol. The molecule has 2 aliphatic rings. The third kappa shape index (κ3) is 6.90. The Bertz CT molecular complexity index is 1890. The van der Waals surface area contributed by atoms with Crippen molar-refractivity contribution in [2.45, 2.75) is 102 Å². The van der Waals surface area contributed by atoms with Crippen LogP contribution in [0.4, 0.5) is 0 Å². The van der Waals surface area contributed by atoms with Crippen LogP contribution >= 0.6 is 0 Å². The molecule has 1 aliphatic heterocycles. The average Bonchev–Trinajstić information content (AvgIpc) is 3.05. The first-order chi connectivity index (χ1) is 22.2. The summed E-state index contributed by atoms with van der Waals surface area (Å²) in [6.07, 6.45) is 9.06. The van der Waals surface area contributed by atoms with E-state index in [0.717, 1.165) is 59.1 Å². The Morgan fingerprint density at radius 2 is 1.74 bits per heavy atom. The molecule has 1 aliphatic carbocycles. The fraction of sp³-hybridized carbons (Fsp3) is 0.405. The van der Waals surface area contributed by atoms with E-state index in [1.807, 2.05) is 57.2 Å².